The second-order valence-electron chi connectivity index (χ2n) is 5.33. The molecule has 0 heterocycles. The van der Waals surface area contributed by atoms with Crippen LogP contribution in [0.5, 0.6) is 11.5 Å². The molecule has 2 aromatic carbocycles. The lowest BCUT2D eigenvalue weighted by atomic mass is 10.2. The first kappa shape index (κ1) is 20.3. The Morgan fingerprint density at radius 2 is 1.93 bits per heavy atom. The average molecular weight is 390 g/mol. The molecule has 0 aliphatic rings. The maximum absolute atomic E-state index is 11.8. The number of hydrogen-bond acceptors (Lipinski definition) is 5. The summed E-state index contributed by atoms with van der Waals surface area (Å²) in [5, 5.41) is 6.63. The maximum Gasteiger partial charge on any atom is 0.329 e. The van der Waals surface area contributed by atoms with Crippen LogP contribution in [0.2, 0.25) is 5.02 Å². The van der Waals surface area contributed by atoms with Crippen molar-refractivity contribution in [1.82, 2.24) is 10.7 Å². The molecule has 0 saturated heterocycles. The molecule has 0 aliphatic heterocycles. The molecule has 8 heteroatoms. The summed E-state index contributed by atoms with van der Waals surface area (Å²) in [5.74, 6) is -0.773. The zero-order chi connectivity index (χ0) is 19.6. The van der Waals surface area contributed by atoms with Gasteiger partial charge in [-0.05, 0) is 30.2 Å². The third kappa shape index (κ3) is 6.00. The number of halogens is 1. The molecule has 7 nitrogen and oxygen atoms in total. The Balaban J connectivity index is 1.93. The highest BCUT2D eigenvalue weighted by molar-refractivity contribution is 6.35. The first-order chi connectivity index (χ1) is 13.0. The lowest BCUT2D eigenvalue weighted by molar-refractivity contribution is -0.139. The van der Waals surface area contributed by atoms with E-state index >= 15 is 0 Å². The van der Waals surface area contributed by atoms with E-state index in [0.29, 0.717) is 28.7 Å². The fourth-order valence-corrected chi connectivity index (χ4v) is 2.45. The summed E-state index contributed by atoms with van der Waals surface area (Å²) in [5.41, 5.74) is 3.63. The van der Waals surface area contributed by atoms with E-state index in [1.807, 2.05) is 37.3 Å². The van der Waals surface area contributed by atoms with Crippen molar-refractivity contribution in [3.05, 3.63) is 58.6 Å². The van der Waals surface area contributed by atoms with Crippen molar-refractivity contribution in [2.75, 3.05) is 13.7 Å². The Bertz CT molecular complexity index is 825. The summed E-state index contributed by atoms with van der Waals surface area (Å²) in [6.45, 7) is 2.53. The Morgan fingerprint density at radius 1 is 1.19 bits per heavy atom. The number of methoxy groups -OCH3 is 1. The normalized spacial score (nSPS) is 10.5. The molecule has 2 amide bonds. The van der Waals surface area contributed by atoms with Crippen LogP contribution in [0.4, 0.5) is 0 Å². The molecule has 0 fully saturated rings. The van der Waals surface area contributed by atoms with E-state index in [-0.39, 0.29) is 6.54 Å². The van der Waals surface area contributed by atoms with E-state index in [9.17, 15) is 9.59 Å². The minimum Gasteiger partial charge on any atom is -0.493 e. The van der Waals surface area contributed by atoms with Gasteiger partial charge in [0.15, 0.2) is 11.5 Å². The summed E-state index contributed by atoms with van der Waals surface area (Å²) in [4.78, 5) is 23.6. The van der Waals surface area contributed by atoms with E-state index in [4.69, 9.17) is 21.1 Å². The zero-order valence-corrected chi connectivity index (χ0v) is 15.7. The molecule has 2 aromatic rings. The Kier molecular flexibility index (Phi) is 7.63. The van der Waals surface area contributed by atoms with Gasteiger partial charge in [-0.25, -0.2) is 5.43 Å². The number of hydrazone groups is 1. The van der Waals surface area contributed by atoms with Crippen LogP contribution < -0.4 is 20.2 Å². The molecule has 0 saturated carbocycles. The van der Waals surface area contributed by atoms with Crippen molar-refractivity contribution < 1.29 is 19.1 Å². The number of nitrogens with zero attached hydrogens (tertiary/aromatic N) is 1. The van der Waals surface area contributed by atoms with Gasteiger partial charge in [-0.2, -0.15) is 5.10 Å². The number of carbonyl (C=O) groups excluding carboxylic acids is 2. The molecule has 0 atom stereocenters. The van der Waals surface area contributed by atoms with Crippen molar-refractivity contribution in [3.63, 3.8) is 0 Å². The largest absolute Gasteiger partial charge is 0.493 e. The van der Waals surface area contributed by atoms with Gasteiger partial charge in [-0.1, -0.05) is 41.9 Å². The Hall–Kier alpha value is -3.06. The fourth-order valence-electron chi connectivity index (χ4n) is 2.17. The molecular weight excluding hydrogens is 370 g/mol. The van der Waals surface area contributed by atoms with Gasteiger partial charge in [0, 0.05) is 6.54 Å². The van der Waals surface area contributed by atoms with E-state index in [2.05, 4.69) is 15.8 Å². The van der Waals surface area contributed by atoms with Crippen molar-refractivity contribution in [1.29, 1.82) is 0 Å². The molecule has 0 unspecified atom stereocenters. The molecule has 0 aliphatic carbocycles. The van der Waals surface area contributed by atoms with Crippen LogP contribution in [0, 0.1) is 0 Å². The number of benzene rings is 2. The second-order valence-corrected chi connectivity index (χ2v) is 5.74. The predicted molar refractivity (Wildman–Crippen MR) is 103 cm³/mol. The molecular formula is C19H20ClN3O4. The van der Waals surface area contributed by atoms with Crippen LogP contribution in [0.25, 0.3) is 0 Å². The first-order valence-electron chi connectivity index (χ1n) is 8.20. The summed E-state index contributed by atoms with van der Waals surface area (Å²) in [7, 11) is 1.49. The van der Waals surface area contributed by atoms with Crippen LogP contribution in [-0.2, 0) is 16.1 Å². The quantitative estimate of drug-likeness (QED) is 0.432. The van der Waals surface area contributed by atoms with Crippen molar-refractivity contribution >= 4 is 29.6 Å². The van der Waals surface area contributed by atoms with E-state index in [1.54, 1.807) is 12.1 Å². The van der Waals surface area contributed by atoms with Gasteiger partial charge in [0.05, 0.1) is 25.0 Å². The fraction of sp³-hybridized carbons (Fsp3) is 0.211. The smallest absolute Gasteiger partial charge is 0.329 e. The van der Waals surface area contributed by atoms with Crippen molar-refractivity contribution in [2.45, 2.75) is 13.5 Å². The van der Waals surface area contributed by atoms with Crippen LogP contribution in [0.1, 0.15) is 18.1 Å². The predicted octanol–water partition coefficient (Wildman–Crippen LogP) is 2.51. The Labute approximate surface area is 162 Å². The number of carbonyl (C=O) groups is 2. The third-order valence-electron chi connectivity index (χ3n) is 3.42. The molecule has 0 bridgehead atoms. The van der Waals surface area contributed by atoms with Gasteiger partial charge in [-0.3, -0.25) is 9.59 Å². The molecule has 27 heavy (non-hydrogen) atoms. The van der Waals surface area contributed by atoms with Crippen LogP contribution in [-0.4, -0.2) is 31.7 Å². The van der Waals surface area contributed by atoms with Crippen molar-refractivity contribution in [3.8, 4) is 11.5 Å². The minimum atomic E-state index is -0.869. The van der Waals surface area contributed by atoms with Crippen molar-refractivity contribution in [2.24, 2.45) is 5.10 Å². The topological polar surface area (TPSA) is 89.0 Å². The molecule has 0 radical (unpaired) electrons. The van der Waals surface area contributed by atoms with Gasteiger partial charge in [0.1, 0.15) is 0 Å². The molecule has 2 N–H and O–H groups in total. The highest BCUT2D eigenvalue weighted by Gasteiger charge is 2.13. The molecule has 0 spiro atoms. The number of nitrogens with one attached hydrogen (secondary N) is 2. The van der Waals surface area contributed by atoms with Gasteiger partial charge >= 0.3 is 11.8 Å². The molecule has 2 rings (SSSR count). The zero-order valence-electron chi connectivity index (χ0n) is 15.0. The number of amides is 2. The monoisotopic (exact) mass is 389 g/mol. The minimum absolute atomic E-state index is 0.252. The lowest BCUT2D eigenvalue weighted by Crippen LogP contribution is -2.37. The van der Waals surface area contributed by atoms with Crippen LogP contribution in [0.15, 0.2) is 47.6 Å². The Morgan fingerprint density at radius 3 is 2.59 bits per heavy atom. The molecule has 0 aromatic heterocycles. The van der Waals surface area contributed by atoms with Gasteiger partial charge in [0.25, 0.3) is 0 Å². The third-order valence-corrected chi connectivity index (χ3v) is 3.70. The van der Waals surface area contributed by atoms with Crippen LogP contribution in [0.3, 0.4) is 0 Å². The number of hydrogen-bond donors (Lipinski definition) is 2. The maximum atomic E-state index is 11.8. The van der Waals surface area contributed by atoms with E-state index < -0.39 is 11.8 Å². The lowest BCUT2D eigenvalue weighted by Gasteiger charge is -2.11. The highest BCUT2D eigenvalue weighted by atomic mass is 35.5. The second kappa shape index (κ2) is 10.2. The van der Waals surface area contributed by atoms with Gasteiger partial charge in [-0.15, -0.1) is 0 Å². The standard InChI is InChI=1S/C19H20ClN3O4/c1-3-27-17-15(20)9-14(10-16(17)26-2)12-22-23-19(25)18(24)21-11-13-7-5-4-6-8-13/h4-10,12H,3,11H2,1-2H3,(H,21,24)(H,23,25)/b22-12-. The summed E-state index contributed by atoms with van der Waals surface area (Å²) < 4.78 is 10.7. The van der Waals surface area contributed by atoms with Gasteiger partial charge in [0.2, 0.25) is 0 Å². The highest BCUT2D eigenvalue weighted by Crippen LogP contribution is 2.35. The summed E-state index contributed by atoms with van der Waals surface area (Å²) in [6.07, 6.45) is 1.35. The molecule has 142 valence electrons. The average Bonchev–Trinajstić information content (AvgIpc) is 2.68. The van der Waals surface area contributed by atoms with Crippen LogP contribution >= 0.6 is 11.6 Å². The number of rotatable bonds is 7. The van der Waals surface area contributed by atoms with Gasteiger partial charge < -0.3 is 14.8 Å². The van der Waals surface area contributed by atoms with E-state index in [1.165, 1.54) is 13.3 Å². The number of ether oxygens (including phenoxy) is 2. The summed E-state index contributed by atoms with van der Waals surface area (Å²) in [6, 6.07) is 12.5. The first-order valence-corrected chi connectivity index (χ1v) is 8.58. The SMILES string of the molecule is CCOc1c(Cl)cc(/C=N\NC(=O)C(=O)NCc2ccccc2)cc1OC. The van der Waals surface area contributed by atoms with E-state index in [0.717, 1.165) is 5.56 Å². The summed E-state index contributed by atoms with van der Waals surface area (Å²) >= 11 is 6.17.